The molecule has 0 aromatic heterocycles. The third kappa shape index (κ3) is 5.30. The van der Waals surface area contributed by atoms with Crippen LogP contribution in [0.4, 0.5) is 4.79 Å². The molecule has 6 nitrogen and oxygen atoms in total. The van der Waals surface area contributed by atoms with E-state index in [9.17, 15) is 14.9 Å². The molecular weight excluding hydrogens is 386 g/mol. The molecule has 29 heavy (non-hydrogen) atoms. The Balaban J connectivity index is 1.65. The lowest BCUT2D eigenvalue weighted by atomic mass is 10.0. The lowest BCUT2D eigenvalue weighted by Gasteiger charge is -2.31. The van der Waals surface area contributed by atoms with E-state index in [4.69, 9.17) is 4.74 Å². The van der Waals surface area contributed by atoms with E-state index >= 15 is 0 Å². The SMILES string of the molecule is CCOC(=O)N1CCC(NC(=O)c2ccccc2Sc2ccccc2C#N)CC1. The van der Waals surface area contributed by atoms with Gasteiger partial charge in [-0.1, -0.05) is 36.0 Å². The van der Waals surface area contributed by atoms with Crippen LogP contribution in [0.25, 0.3) is 0 Å². The van der Waals surface area contributed by atoms with Crippen molar-refractivity contribution in [3.8, 4) is 6.07 Å². The van der Waals surface area contributed by atoms with Crippen molar-refractivity contribution in [2.24, 2.45) is 0 Å². The number of nitrogens with one attached hydrogen (secondary N) is 1. The Kier molecular flexibility index (Phi) is 7.14. The van der Waals surface area contributed by atoms with Gasteiger partial charge in [-0.25, -0.2) is 4.79 Å². The quantitative estimate of drug-likeness (QED) is 0.805. The second-order valence-electron chi connectivity index (χ2n) is 6.64. The van der Waals surface area contributed by atoms with E-state index in [0.29, 0.717) is 43.7 Å². The van der Waals surface area contributed by atoms with Crippen molar-refractivity contribution < 1.29 is 14.3 Å². The number of benzene rings is 2. The van der Waals surface area contributed by atoms with Gasteiger partial charge in [-0.15, -0.1) is 0 Å². The maximum atomic E-state index is 12.9. The van der Waals surface area contributed by atoms with Crippen LogP contribution in [0.3, 0.4) is 0 Å². The van der Waals surface area contributed by atoms with Crippen LogP contribution in [0.5, 0.6) is 0 Å². The van der Waals surface area contributed by atoms with Gasteiger partial charge in [0.1, 0.15) is 6.07 Å². The molecule has 1 aliphatic heterocycles. The summed E-state index contributed by atoms with van der Waals surface area (Å²) in [5, 5.41) is 12.4. The largest absolute Gasteiger partial charge is 0.450 e. The molecule has 2 aromatic carbocycles. The molecule has 0 aliphatic carbocycles. The van der Waals surface area contributed by atoms with Gasteiger partial charge in [0.25, 0.3) is 5.91 Å². The molecule has 0 bridgehead atoms. The molecule has 3 rings (SSSR count). The number of piperidine rings is 1. The van der Waals surface area contributed by atoms with Crippen LogP contribution in [0, 0.1) is 11.3 Å². The third-order valence-corrected chi connectivity index (χ3v) is 5.87. The third-order valence-electron chi connectivity index (χ3n) is 4.72. The first-order valence-corrected chi connectivity index (χ1v) is 10.4. The molecule has 1 fully saturated rings. The number of carbonyl (C=O) groups excluding carboxylic acids is 2. The van der Waals surface area contributed by atoms with Crippen LogP contribution in [0.2, 0.25) is 0 Å². The summed E-state index contributed by atoms with van der Waals surface area (Å²) in [6.07, 6.45) is 1.09. The fourth-order valence-corrected chi connectivity index (χ4v) is 4.22. The number of hydrogen-bond acceptors (Lipinski definition) is 5. The minimum Gasteiger partial charge on any atom is -0.450 e. The normalized spacial score (nSPS) is 14.1. The van der Waals surface area contributed by atoms with Crippen molar-refractivity contribution in [3.05, 3.63) is 59.7 Å². The number of likely N-dealkylation sites (tertiary alicyclic amines) is 1. The van der Waals surface area contributed by atoms with E-state index in [2.05, 4.69) is 11.4 Å². The summed E-state index contributed by atoms with van der Waals surface area (Å²) < 4.78 is 5.03. The van der Waals surface area contributed by atoms with Crippen LogP contribution < -0.4 is 5.32 Å². The van der Waals surface area contributed by atoms with E-state index in [1.54, 1.807) is 24.0 Å². The van der Waals surface area contributed by atoms with E-state index < -0.39 is 0 Å². The topological polar surface area (TPSA) is 82.4 Å². The Morgan fingerprint density at radius 2 is 1.79 bits per heavy atom. The van der Waals surface area contributed by atoms with E-state index in [1.165, 1.54) is 11.8 Å². The van der Waals surface area contributed by atoms with Gasteiger partial charge < -0.3 is 15.0 Å². The van der Waals surface area contributed by atoms with Gasteiger partial charge in [-0.05, 0) is 44.0 Å². The summed E-state index contributed by atoms with van der Waals surface area (Å²) in [7, 11) is 0. The number of ether oxygens (including phenoxy) is 1. The molecule has 0 atom stereocenters. The molecule has 0 saturated carbocycles. The highest BCUT2D eigenvalue weighted by molar-refractivity contribution is 7.99. The highest BCUT2D eigenvalue weighted by atomic mass is 32.2. The summed E-state index contributed by atoms with van der Waals surface area (Å²) in [6, 6.07) is 16.9. The predicted molar refractivity (Wildman–Crippen MR) is 111 cm³/mol. The Labute approximate surface area is 174 Å². The first-order valence-electron chi connectivity index (χ1n) is 9.61. The van der Waals surface area contributed by atoms with Crippen molar-refractivity contribution in [3.63, 3.8) is 0 Å². The summed E-state index contributed by atoms with van der Waals surface area (Å²) in [5.74, 6) is -0.142. The van der Waals surface area contributed by atoms with Gasteiger partial charge in [0.2, 0.25) is 0 Å². The smallest absolute Gasteiger partial charge is 0.409 e. The highest BCUT2D eigenvalue weighted by Crippen LogP contribution is 2.32. The predicted octanol–water partition coefficient (Wildman–Crippen LogP) is 4.06. The summed E-state index contributed by atoms with van der Waals surface area (Å²) in [4.78, 5) is 28.0. The molecule has 0 unspecified atom stereocenters. The number of carbonyl (C=O) groups is 2. The monoisotopic (exact) mass is 409 g/mol. The first kappa shape index (κ1) is 20.7. The maximum Gasteiger partial charge on any atom is 0.409 e. The van der Waals surface area contributed by atoms with Gasteiger partial charge in [-0.2, -0.15) is 5.26 Å². The average molecular weight is 410 g/mol. The molecule has 1 saturated heterocycles. The molecule has 0 radical (unpaired) electrons. The van der Waals surface area contributed by atoms with Crippen molar-refractivity contribution in [1.82, 2.24) is 10.2 Å². The molecule has 1 aliphatic rings. The summed E-state index contributed by atoms with van der Waals surface area (Å²) >= 11 is 1.41. The molecular formula is C22H23N3O3S. The zero-order valence-corrected chi connectivity index (χ0v) is 17.1. The zero-order valence-electron chi connectivity index (χ0n) is 16.3. The number of rotatable bonds is 5. The Bertz CT molecular complexity index is 918. The molecule has 1 heterocycles. The Morgan fingerprint density at radius 1 is 1.14 bits per heavy atom. The lowest BCUT2D eigenvalue weighted by molar-refractivity contribution is 0.0858. The molecule has 0 spiro atoms. The van der Waals surface area contributed by atoms with E-state index in [-0.39, 0.29) is 18.0 Å². The fraction of sp³-hybridized carbons (Fsp3) is 0.318. The van der Waals surface area contributed by atoms with Crippen molar-refractivity contribution in [2.75, 3.05) is 19.7 Å². The standard InChI is InChI=1S/C22H23N3O3S/c1-2-28-22(27)25-13-11-17(12-14-25)24-21(26)18-8-4-6-10-20(18)29-19-9-5-3-7-16(19)15-23/h3-10,17H,2,11-14H2,1H3,(H,24,26). The summed E-state index contributed by atoms with van der Waals surface area (Å²) in [6.45, 7) is 3.28. The van der Waals surface area contributed by atoms with Crippen molar-refractivity contribution in [2.45, 2.75) is 35.6 Å². The average Bonchev–Trinajstić information content (AvgIpc) is 2.75. The number of nitriles is 1. The minimum absolute atomic E-state index is 0.0117. The number of nitrogens with zero attached hydrogens (tertiary/aromatic N) is 2. The van der Waals surface area contributed by atoms with Gasteiger partial charge >= 0.3 is 6.09 Å². The Hall–Kier alpha value is -2.98. The number of hydrogen-bond donors (Lipinski definition) is 1. The molecule has 2 aromatic rings. The Morgan fingerprint density at radius 3 is 2.48 bits per heavy atom. The molecule has 1 N–H and O–H groups in total. The van der Waals surface area contributed by atoms with Gasteiger partial charge in [0, 0.05) is 28.9 Å². The lowest BCUT2D eigenvalue weighted by Crippen LogP contribution is -2.46. The molecule has 150 valence electrons. The minimum atomic E-state index is -0.296. The van der Waals surface area contributed by atoms with Crippen LogP contribution >= 0.6 is 11.8 Å². The molecule has 7 heteroatoms. The number of amides is 2. The van der Waals surface area contributed by atoms with Crippen LogP contribution in [0.15, 0.2) is 58.3 Å². The van der Waals surface area contributed by atoms with Gasteiger partial charge in [0.05, 0.1) is 17.7 Å². The second kappa shape index (κ2) is 9.99. The zero-order chi connectivity index (χ0) is 20.6. The van der Waals surface area contributed by atoms with Gasteiger partial charge in [-0.3, -0.25) is 4.79 Å². The van der Waals surface area contributed by atoms with Crippen molar-refractivity contribution >= 4 is 23.8 Å². The van der Waals surface area contributed by atoms with Crippen molar-refractivity contribution in [1.29, 1.82) is 5.26 Å². The van der Waals surface area contributed by atoms with Crippen LogP contribution in [-0.2, 0) is 4.74 Å². The van der Waals surface area contributed by atoms with E-state index in [1.807, 2.05) is 36.4 Å². The van der Waals surface area contributed by atoms with Crippen LogP contribution in [0.1, 0.15) is 35.7 Å². The van der Waals surface area contributed by atoms with E-state index in [0.717, 1.165) is 9.79 Å². The fourth-order valence-electron chi connectivity index (χ4n) is 3.19. The molecule has 2 amide bonds. The second-order valence-corrected chi connectivity index (χ2v) is 7.72. The highest BCUT2D eigenvalue weighted by Gasteiger charge is 2.25. The maximum absolute atomic E-state index is 12.9. The summed E-state index contributed by atoms with van der Waals surface area (Å²) in [5.41, 5.74) is 1.16. The van der Waals surface area contributed by atoms with Crippen LogP contribution in [-0.4, -0.2) is 42.6 Å². The first-order chi connectivity index (χ1) is 14.1. The van der Waals surface area contributed by atoms with Gasteiger partial charge in [0.15, 0.2) is 0 Å².